The number of rotatable bonds is 37. The van der Waals surface area contributed by atoms with Crippen molar-refractivity contribution in [3.8, 4) is 0 Å². The molecular weight excluding hydrogens is 554 g/mol. The average Bonchev–Trinajstić information content (AvgIpc) is 3.04. The van der Waals surface area contributed by atoms with Crippen molar-refractivity contribution >= 4 is 5.91 Å². The van der Waals surface area contributed by atoms with Gasteiger partial charge in [0.1, 0.15) is 0 Å². The number of amides is 1. The fourth-order valence-corrected chi connectivity index (χ4v) is 6.40. The van der Waals surface area contributed by atoms with Crippen molar-refractivity contribution < 1.29 is 15.0 Å². The first-order chi connectivity index (χ1) is 22.2. The molecule has 0 aliphatic rings. The lowest BCUT2D eigenvalue weighted by molar-refractivity contribution is -0.122. The zero-order valence-electron chi connectivity index (χ0n) is 30.7. The van der Waals surface area contributed by atoms with E-state index in [-0.39, 0.29) is 12.5 Å². The summed E-state index contributed by atoms with van der Waals surface area (Å²) in [4.78, 5) is 11.7. The molecule has 0 bridgehead atoms. The molecule has 0 radical (unpaired) electrons. The van der Waals surface area contributed by atoms with Gasteiger partial charge in [-0.15, -0.1) is 0 Å². The SMILES string of the molecule is CCCCCCCCCCCCCCCCCCCCCCCCCCCCCCCC/C=C/C(O)C(CO)NC(=O)CCC. The fraction of sp³-hybridized carbons (Fsp3) is 0.927. The highest BCUT2D eigenvalue weighted by molar-refractivity contribution is 5.76. The summed E-state index contributed by atoms with van der Waals surface area (Å²) < 4.78 is 0. The Bertz CT molecular complexity index is 608. The Hall–Kier alpha value is -0.870. The molecule has 268 valence electrons. The van der Waals surface area contributed by atoms with Crippen LogP contribution in [0, 0.1) is 0 Å². The van der Waals surface area contributed by atoms with E-state index in [0.717, 1.165) is 19.3 Å². The lowest BCUT2D eigenvalue weighted by atomic mass is 10.0. The number of nitrogens with one attached hydrogen (secondary N) is 1. The van der Waals surface area contributed by atoms with Crippen LogP contribution in [-0.4, -0.2) is 34.9 Å². The first-order valence-electron chi connectivity index (χ1n) is 20.4. The maximum absolute atomic E-state index is 11.7. The van der Waals surface area contributed by atoms with Crippen LogP contribution in [0.3, 0.4) is 0 Å². The molecule has 4 heteroatoms. The Morgan fingerprint density at radius 3 is 1.11 bits per heavy atom. The maximum Gasteiger partial charge on any atom is 0.220 e. The number of hydrogen-bond donors (Lipinski definition) is 3. The summed E-state index contributed by atoms with van der Waals surface area (Å²) in [6, 6.07) is -0.612. The quantitative estimate of drug-likeness (QED) is 0.0470. The number of carbonyl (C=O) groups excluding carboxylic acids is 1. The van der Waals surface area contributed by atoms with Crippen LogP contribution < -0.4 is 5.32 Å². The topological polar surface area (TPSA) is 69.6 Å². The largest absolute Gasteiger partial charge is 0.394 e. The van der Waals surface area contributed by atoms with E-state index in [0.29, 0.717) is 6.42 Å². The maximum atomic E-state index is 11.7. The van der Waals surface area contributed by atoms with Crippen LogP contribution in [0.5, 0.6) is 0 Å². The Labute approximate surface area is 282 Å². The highest BCUT2D eigenvalue weighted by Gasteiger charge is 2.17. The van der Waals surface area contributed by atoms with Crippen molar-refractivity contribution in [2.24, 2.45) is 0 Å². The summed E-state index contributed by atoms with van der Waals surface area (Å²) in [6.45, 7) is 3.99. The van der Waals surface area contributed by atoms with Crippen molar-refractivity contribution in [3.63, 3.8) is 0 Å². The Morgan fingerprint density at radius 2 is 0.822 bits per heavy atom. The van der Waals surface area contributed by atoms with Crippen molar-refractivity contribution in [3.05, 3.63) is 12.2 Å². The molecule has 0 aliphatic heterocycles. The van der Waals surface area contributed by atoms with Gasteiger partial charge in [-0.1, -0.05) is 212 Å². The summed E-state index contributed by atoms with van der Waals surface area (Å²) in [5, 5.41) is 22.3. The zero-order valence-corrected chi connectivity index (χ0v) is 30.7. The predicted molar refractivity (Wildman–Crippen MR) is 198 cm³/mol. The smallest absolute Gasteiger partial charge is 0.220 e. The standard InChI is InChI=1S/C41H81NO3/c1-3-5-6-7-8-9-10-11-12-13-14-15-16-17-18-19-20-21-22-23-24-25-26-27-28-29-30-31-32-33-34-35-37-40(44)39(38-43)42-41(45)36-4-2/h35,37,39-40,43-44H,3-34,36,38H2,1-2H3,(H,42,45)/b37-35+. The predicted octanol–water partition coefficient (Wildman–Crippen LogP) is 12.3. The van der Waals surface area contributed by atoms with Crippen molar-refractivity contribution in [1.82, 2.24) is 5.32 Å². The van der Waals surface area contributed by atoms with Gasteiger partial charge in [-0.05, 0) is 19.3 Å². The molecule has 3 N–H and O–H groups in total. The number of unbranched alkanes of at least 4 members (excludes halogenated alkanes) is 30. The van der Waals surface area contributed by atoms with E-state index in [2.05, 4.69) is 12.2 Å². The van der Waals surface area contributed by atoms with Gasteiger partial charge in [0.25, 0.3) is 0 Å². The number of aliphatic hydroxyl groups is 2. The molecule has 0 spiro atoms. The second kappa shape index (κ2) is 37.6. The summed E-state index contributed by atoms with van der Waals surface area (Å²) in [5.41, 5.74) is 0. The lowest BCUT2D eigenvalue weighted by Crippen LogP contribution is -2.45. The molecule has 0 fully saturated rings. The molecule has 0 saturated carbocycles. The van der Waals surface area contributed by atoms with E-state index in [1.54, 1.807) is 6.08 Å². The summed E-state index contributed by atoms with van der Waals surface area (Å²) in [6.07, 6.45) is 47.6. The molecule has 2 unspecified atom stereocenters. The normalized spacial score (nSPS) is 13.1. The molecule has 45 heavy (non-hydrogen) atoms. The minimum atomic E-state index is -0.829. The Morgan fingerprint density at radius 1 is 0.511 bits per heavy atom. The second-order valence-corrected chi connectivity index (χ2v) is 14.1. The molecule has 0 saturated heterocycles. The molecule has 2 atom stereocenters. The van der Waals surface area contributed by atoms with Crippen molar-refractivity contribution in [1.29, 1.82) is 0 Å². The summed E-state index contributed by atoms with van der Waals surface area (Å²) in [7, 11) is 0. The third-order valence-electron chi connectivity index (χ3n) is 9.49. The van der Waals surface area contributed by atoms with E-state index >= 15 is 0 Å². The molecule has 4 nitrogen and oxygen atoms in total. The Kier molecular flexibility index (Phi) is 36.9. The van der Waals surface area contributed by atoms with Gasteiger partial charge >= 0.3 is 0 Å². The van der Waals surface area contributed by atoms with E-state index in [4.69, 9.17) is 0 Å². The van der Waals surface area contributed by atoms with Crippen LogP contribution in [0.4, 0.5) is 0 Å². The van der Waals surface area contributed by atoms with Crippen LogP contribution >= 0.6 is 0 Å². The third kappa shape index (κ3) is 34.3. The minimum Gasteiger partial charge on any atom is -0.394 e. The van der Waals surface area contributed by atoms with Gasteiger partial charge in [0, 0.05) is 6.42 Å². The Balaban J connectivity index is 3.25. The molecule has 0 rings (SSSR count). The van der Waals surface area contributed by atoms with Crippen LogP contribution in [0.25, 0.3) is 0 Å². The molecule has 0 heterocycles. The molecule has 0 aromatic rings. The average molecular weight is 636 g/mol. The lowest BCUT2D eigenvalue weighted by Gasteiger charge is -2.19. The summed E-state index contributed by atoms with van der Waals surface area (Å²) in [5.74, 6) is -0.116. The second-order valence-electron chi connectivity index (χ2n) is 14.1. The number of hydrogen-bond acceptors (Lipinski definition) is 3. The van der Waals surface area contributed by atoms with Crippen LogP contribution in [0.15, 0.2) is 12.2 Å². The number of aliphatic hydroxyl groups excluding tert-OH is 2. The van der Waals surface area contributed by atoms with Crippen LogP contribution in [0.2, 0.25) is 0 Å². The summed E-state index contributed by atoms with van der Waals surface area (Å²) >= 11 is 0. The van der Waals surface area contributed by atoms with Crippen molar-refractivity contribution in [2.75, 3.05) is 6.61 Å². The van der Waals surface area contributed by atoms with E-state index in [1.807, 2.05) is 13.0 Å². The molecule has 1 amide bonds. The highest BCUT2D eigenvalue weighted by atomic mass is 16.3. The fourth-order valence-electron chi connectivity index (χ4n) is 6.40. The number of allylic oxidation sites excluding steroid dienone is 1. The van der Waals surface area contributed by atoms with Crippen molar-refractivity contribution in [2.45, 2.75) is 238 Å². The van der Waals surface area contributed by atoms with E-state index in [1.165, 1.54) is 186 Å². The van der Waals surface area contributed by atoms with Gasteiger partial charge < -0.3 is 15.5 Å². The van der Waals surface area contributed by atoms with Gasteiger partial charge in [0.2, 0.25) is 5.91 Å². The first-order valence-corrected chi connectivity index (χ1v) is 20.4. The van der Waals surface area contributed by atoms with Gasteiger partial charge in [0.05, 0.1) is 18.8 Å². The van der Waals surface area contributed by atoms with Gasteiger partial charge in [-0.2, -0.15) is 0 Å². The van der Waals surface area contributed by atoms with Crippen LogP contribution in [-0.2, 0) is 4.79 Å². The van der Waals surface area contributed by atoms with Gasteiger partial charge in [0.15, 0.2) is 0 Å². The molecule has 0 aromatic heterocycles. The molecular formula is C41H81NO3. The highest BCUT2D eigenvalue weighted by Crippen LogP contribution is 2.16. The zero-order chi connectivity index (χ0) is 32.9. The molecule has 0 aromatic carbocycles. The minimum absolute atomic E-state index is 0.116. The first kappa shape index (κ1) is 44.1. The number of carbonyl (C=O) groups is 1. The van der Waals surface area contributed by atoms with Crippen LogP contribution in [0.1, 0.15) is 226 Å². The monoisotopic (exact) mass is 636 g/mol. The third-order valence-corrected chi connectivity index (χ3v) is 9.49. The van der Waals surface area contributed by atoms with E-state index < -0.39 is 12.1 Å². The van der Waals surface area contributed by atoms with Gasteiger partial charge in [-0.3, -0.25) is 4.79 Å². The molecule has 0 aliphatic carbocycles. The van der Waals surface area contributed by atoms with Gasteiger partial charge in [-0.25, -0.2) is 0 Å². The van der Waals surface area contributed by atoms with E-state index in [9.17, 15) is 15.0 Å².